The Labute approximate surface area is 146 Å². The molecule has 2 saturated heterocycles. The second-order valence-corrected chi connectivity index (χ2v) is 7.30. The van der Waals surface area contributed by atoms with E-state index < -0.39 is 5.72 Å². The van der Waals surface area contributed by atoms with E-state index in [1.54, 1.807) is 0 Å². The Kier molecular flexibility index (Phi) is 3.15. The maximum Gasteiger partial charge on any atom is 0.231 e. The summed E-state index contributed by atoms with van der Waals surface area (Å²) in [6, 6.07) is 8.29. The number of ether oxygens (including phenoxy) is 1. The highest BCUT2D eigenvalue weighted by Gasteiger charge is 2.58. The van der Waals surface area contributed by atoms with Crippen LogP contribution in [0.25, 0.3) is 10.9 Å². The van der Waals surface area contributed by atoms with Crippen LogP contribution < -0.4 is 0 Å². The molecule has 1 aromatic carbocycles. The predicted molar refractivity (Wildman–Crippen MR) is 93.8 cm³/mol. The summed E-state index contributed by atoms with van der Waals surface area (Å²) in [5.41, 5.74) is 3.81. The van der Waals surface area contributed by atoms with Gasteiger partial charge in [0.2, 0.25) is 5.91 Å². The minimum atomic E-state index is -0.716. The minimum absolute atomic E-state index is 0.0158. The molecule has 0 radical (unpaired) electrons. The number of rotatable bonds is 1. The maximum absolute atomic E-state index is 13.1. The molecule has 1 amide bonds. The van der Waals surface area contributed by atoms with Crippen molar-refractivity contribution in [2.75, 3.05) is 19.8 Å². The number of hydrogen-bond acceptors (Lipinski definition) is 3. The Hall–Kier alpha value is -2.11. The van der Waals surface area contributed by atoms with Gasteiger partial charge in [-0.2, -0.15) is 0 Å². The van der Waals surface area contributed by atoms with Gasteiger partial charge in [-0.15, -0.1) is 0 Å². The van der Waals surface area contributed by atoms with Crippen LogP contribution in [0.15, 0.2) is 35.9 Å². The van der Waals surface area contributed by atoms with Gasteiger partial charge in [-0.3, -0.25) is 4.79 Å². The summed E-state index contributed by atoms with van der Waals surface area (Å²) in [7, 11) is 0. The first-order valence-electron chi connectivity index (χ1n) is 9.01. The molecule has 3 atom stereocenters. The highest BCUT2D eigenvalue weighted by Crippen LogP contribution is 2.52. The first-order chi connectivity index (χ1) is 12.2. The largest absolute Gasteiger partial charge is 0.396 e. The highest BCUT2D eigenvalue weighted by molar-refractivity contribution is 5.87. The van der Waals surface area contributed by atoms with E-state index in [2.05, 4.69) is 23.2 Å². The van der Waals surface area contributed by atoms with Gasteiger partial charge in [-0.25, -0.2) is 0 Å². The van der Waals surface area contributed by atoms with Gasteiger partial charge in [0.05, 0.1) is 24.8 Å². The van der Waals surface area contributed by atoms with E-state index in [1.165, 1.54) is 10.9 Å². The van der Waals surface area contributed by atoms with E-state index in [-0.39, 0.29) is 24.3 Å². The normalized spacial score (nSPS) is 32.8. The minimum Gasteiger partial charge on any atom is -0.396 e. The molecule has 3 aliphatic rings. The molecule has 1 aromatic heterocycles. The van der Waals surface area contributed by atoms with Crippen LogP contribution in [0.5, 0.6) is 0 Å². The number of nitrogens with zero attached hydrogens (tertiary/aromatic N) is 1. The summed E-state index contributed by atoms with van der Waals surface area (Å²) in [5.74, 6) is -0.291. The van der Waals surface area contributed by atoms with Crippen LogP contribution in [0.3, 0.4) is 0 Å². The molecule has 0 unspecified atom stereocenters. The summed E-state index contributed by atoms with van der Waals surface area (Å²) in [6.45, 7) is 3.03. The van der Waals surface area contributed by atoms with Crippen LogP contribution in [-0.2, 0) is 21.7 Å². The van der Waals surface area contributed by atoms with Crippen molar-refractivity contribution in [3.8, 4) is 0 Å². The second kappa shape index (κ2) is 5.19. The number of hydrogen-bond donors (Lipinski definition) is 2. The first kappa shape index (κ1) is 15.2. The lowest BCUT2D eigenvalue weighted by Gasteiger charge is -2.56. The summed E-state index contributed by atoms with van der Waals surface area (Å²) in [6.07, 6.45) is 3.57. The molecule has 3 aliphatic heterocycles. The lowest BCUT2D eigenvalue weighted by molar-refractivity contribution is -0.225. The van der Waals surface area contributed by atoms with Crippen molar-refractivity contribution in [3.05, 3.63) is 47.2 Å². The van der Waals surface area contributed by atoms with Gasteiger partial charge in [0.25, 0.3) is 0 Å². The zero-order chi connectivity index (χ0) is 17.2. The zero-order valence-electron chi connectivity index (χ0n) is 14.3. The number of H-pyrrole nitrogens is 1. The number of amides is 1. The van der Waals surface area contributed by atoms with Gasteiger partial charge in [-0.05, 0) is 30.5 Å². The average Bonchev–Trinajstić information content (AvgIpc) is 3.02. The van der Waals surface area contributed by atoms with Crippen LogP contribution in [0.2, 0.25) is 0 Å². The van der Waals surface area contributed by atoms with E-state index in [9.17, 15) is 9.90 Å². The van der Waals surface area contributed by atoms with Gasteiger partial charge in [0.1, 0.15) is 0 Å². The third kappa shape index (κ3) is 1.82. The lowest BCUT2D eigenvalue weighted by atomic mass is 9.71. The number of para-hydroxylation sites is 1. The van der Waals surface area contributed by atoms with Crippen LogP contribution >= 0.6 is 0 Å². The smallest absolute Gasteiger partial charge is 0.231 e. The standard InChI is InChI=1S/C20H22N2O3/c1-2-12-11-25-20-9-15(12)16(10-23)19(24)22(20)8-7-14-13-5-3-4-6-17(13)21-18(14)20/h2-6,15-16,21,23H,7-11H2,1H3/b12-2+/t15-,16-,20+/m0/s1. The number of nitrogens with one attached hydrogen (secondary N) is 1. The molecule has 0 saturated carbocycles. The maximum atomic E-state index is 13.1. The topological polar surface area (TPSA) is 65.6 Å². The van der Waals surface area contributed by atoms with E-state index >= 15 is 0 Å². The average molecular weight is 338 g/mol. The Balaban J connectivity index is 1.72. The first-order valence-corrected chi connectivity index (χ1v) is 9.01. The highest BCUT2D eigenvalue weighted by atomic mass is 16.5. The Bertz CT molecular complexity index is 899. The molecule has 2 N–H and O–H groups in total. The zero-order valence-corrected chi connectivity index (χ0v) is 14.3. The van der Waals surface area contributed by atoms with Gasteiger partial charge in [0, 0.05) is 29.8 Å². The number of aromatic nitrogens is 1. The number of aromatic amines is 1. The molecule has 25 heavy (non-hydrogen) atoms. The van der Waals surface area contributed by atoms with Crippen molar-refractivity contribution in [1.82, 2.24) is 9.88 Å². The predicted octanol–water partition coefficient (Wildman–Crippen LogP) is 2.31. The number of piperidine rings is 1. The number of allylic oxidation sites excluding steroid dienone is 1. The Morgan fingerprint density at radius 3 is 3.08 bits per heavy atom. The molecule has 5 rings (SSSR count). The van der Waals surface area contributed by atoms with Gasteiger partial charge >= 0.3 is 0 Å². The SMILES string of the molecule is C/C=C1\CO[C@@]23C[C@@H]1[C@H](CO)C(=O)N2CCc1c3[nH]c2ccccc12. The third-order valence-electron chi connectivity index (χ3n) is 6.31. The van der Waals surface area contributed by atoms with Crippen molar-refractivity contribution in [1.29, 1.82) is 0 Å². The molecule has 4 heterocycles. The number of carbonyl (C=O) groups excluding carboxylic acids is 1. The summed E-state index contributed by atoms with van der Waals surface area (Å²) in [5, 5.41) is 11.1. The third-order valence-corrected chi connectivity index (χ3v) is 6.31. The van der Waals surface area contributed by atoms with Crippen LogP contribution in [-0.4, -0.2) is 40.7 Å². The molecule has 5 heteroatoms. The van der Waals surface area contributed by atoms with E-state index in [4.69, 9.17) is 4.74 Å². The monoisotopic (exact) mass is 338 g/mol. The number of carbonyl (C=O) groups is 1. The Morgan fingerprint density at radius 1 is 1.44 bits per heavy atom. The molecular formula is C20H22N2O3. The molecule has 2 aromatic rings. The summed E-state index contributed by atoms with van der Waals surface area (Å²) >= 11 is 0. The molecule has 5 nitrogen and oxygen atoms in total. The molecule has 0 aliphatic carbocycles. The fourth-order valence-corrected chi connectivity index (χ4v) is 5.06. The van der Waals surface area contributed by atoms with Crippen LogP contribution in [0, 0.1) is 11.8 Å². The van der Waals surface area contributed by atoms with Crippen molar-refractivity contribution < 1.29 is 14.6 Å². The van der Waals surface area contributed by atoms with Crippen molar-refractivity contribution in [3.63, 3.8) is 0 Å². The van der Waals surface area contributed by atoms with E-state index in [0.717, 1.165) is 23.2 Å². The molecule has 1 spiro atoms. The lowest BCUT2D eigenvalue weighted by Crippen LogP contribution is -2.65. The number of benzene rings is 1. The van der Waals surface area contributed by atoms with Crippen molar-refractivity contribution in [2.45, 2.75) is 25.5 Å². The van der Waals surface area contributed by atoms with Gasteiger partial charge < -0.3 is 19.7 Å². The fourth-order valence-electron chi connectivity index (χ4n) is 5.06. The molecule has 2 bridgehead atoms. The molecule has 130 valence electrons. The summed E-state index contributed by atoms with van der Waals surface area (Å²) in [4.78, 5) is 18.5. The number of fused-ring (bicyclic) bond motifs is 4. The second-order valence-electron chi connectivity index (χ2n) is 7.30. The Morgan fingerprint density at radius 2 is 2.28 bits per heavy atom. The van der Waals surface area contributed by atoms with Crippen LogP contribution in [0.4, 0.5) is 0 Å². The molecular weight excluding hydrogens is 316 g/mol. The number of aliphatic hydroxyl groups excluding tert-OH is 1. The fraction of sp³-hybridized carbons (Fsp3) is 0.450. The van der Waals surface area contributed by atoms with Crippen molar-refractivity contribution in [2.24, 2.45) is 11.8 Å². The summed E-state index contributed by atoms with van der Waals surface area (Å²) < 4.78 is 6.39. The van der Waals surface area contributed by atoms with Crippen molar-refractivity contribution >= 4 is 16.8 Å². The number of aliphatic hydroxyl groups is 1. The van der Waals surface area contributed by atoms with Crippen LogP contribution in [0.1, 0.15) is 24.6 Å². The van der Waals surface area contributed by atoms with Gasteiger partial charge in [0.15, 0.2) is 5.72 Å². The molecule has 2 fully saturated rings. The quantitative estimate of drug-likeness (QED) is 0.784. The van der Waals surface area contributed by atoms with E-state index in [0.29, 0.717) is 19.6 Å². The van der Waals surface area contributed by atoms with E-state index in [1.807, 2.05) is 24.0 Å². The van der Waals surface area contributed by atoms with Gasteiger partial charge in [-0.1, -0.05) is 24.3 Å².